The summed E-state index contributed by atoms with van der Waals surface area (Å²) in [6.45, 7) is 0.914. The molecule has 2 N–H and O–H groups in total. The number of carbonyl (C=O) groups excluding carboxylic acids is 1. The monoisotopic (exact) mass is 214 g/mol. The van der Waals surface area contributed by atoms with Crippen molar-refractivity contribution >= 4 is 17.8 Å². The fourth-order valence-electron chi connectivity index (χ4n) is 1.70. The lowest BCUT2D eigenvalue weighted by molar-refractivity contribution is -0.105. The molecule has 0 aliphatic carbocycles. The summed E-state index contributed by atoms with van der Waals surface area (Å²) in [6, 6.07) is 7.75. The molecule has 2 rings (SSSR count). The average Bonchev–Trinajstić information content (AvgIpc) is 2.59. The number of carbonyl (C=O) groups is 1. The van der Waals surface area contributed by atoms with Gasteiger partial charge in [0.25, 0.3) is 0 Å². The Morgan fingerprint density at radius 1 is 1.31 bits per heavy atom. The molecule has 0 aromatic heterocycles. The molecule has 1 amide bonds. The van der Waals surface area contributed by atoms with E-state index >= 15 is 0 Å². The molecule has 0 fully saturated rings. The molecule has 3 heteroatoms. The summed E-state index contributed by atoms with van der Waals surface area (Å²) in [5.41, 5.74) is 2.88. The van der Waals surface area contributed by atoms with Crippen molar-refractivity contribution < 1.29 is 4.79 Å². The molecule has 1 aliphatic heterocycles. The van der Waals surface area contributed by atoms with E-state index < -0.39 is 0 Å². The van der Waals surface area contributed by atoms with Gasteiger partial charge >= 0.3 is 0 Å². The van der Waals surface area contributed by atoms with Crippen LogP contribution in [-0.4, -0.2) is 13.0 Å². The molecule has 82 valence electrons. The maximum Gasteiger partial charge on any atom is 0.211 e. The minimum absolute atomic E-state index is 0.700. The lowest BCUT2D eigenvalue weighted by Gasteiger charge is -2.12. The normalized spacial score (nSPS) is 14.6. The molecule has 0 saturated carbocycles. The van der Waals surface area contributed by atoms with Gasteiger partial charge in [0, 0.05) is 23.5 Å². The molecule has 0 saturated heterocycles. The Hall–Kier alpha value is -2.03. The number of hydrogen-bond acceptors (Lipinski definition) is 2. The van der Waals surface area contributed by atoms with Crippen molar-refractivity contribution in [2.24, 2.45) is 0 Å². The standard InChI is InChI=1S/C13H14N2O/c16-10-15-13-8-4-3-6-11(13)12-7-2-1-5-9-14-12/h1-4,6-8,10,14H,5,9H2,(H,15,16). The molecule has 1 aromatic carbocycles. The predicted molar refractivity (Wildman–Crippen MR) is 65.9 cm³/mol. The van der Waals surface area contributed by atoms with Crippen molar-refractivity contribution in [3.05, 3.63) is 48.1 Å². The number of benzene rings is 1. The first-order valence-corrected chi connectivity index (χ1v) is 5.32. The van der Waals surface area contributed by atoms with Crippen LogP contribution in [0.3, 0.4) is 0 Å². The van der Waals surface area contributed by atoms with Crippen LogP contribution in [0, 0.1) is 0 Å². The van der Waals surface area contributed by atoms with Gasteiger partial charge in [-0.05, 0) is 18.6 Å². The van der Waals surface area contributed by atoms with Crippen LogP contribution in [0.25, 0.3) is 5.70 Å². The Balaban J connectivity index is 2.34. The van der Waals surface area contributed by atoms with Crippen LogP contribution >= 0.6 is 0 Å². The maximum atomic E-state index is 10.5. The molecule has 0 spiro atoms. The second-order valence-corrected chi connectivity index (χ2v) is 3.53. The van der Waals surface area contributed by atoms with E-state index in [0.717, 1.165) is 29.9 Å². The third kappa shape index (κ3) is 2.31. The molecule has 1 heterocycles. The highest BCUT2D eigenvalue weighted by molar-refractivity contribution is 5.82. The molecular weight excluding hydrogens is 200 g/mol. The van der Waals surface area contributed by atoms with Gasteiger partial charge in [0.1, 0.15) is 0 Å². The van der Waals surface area contributed by atoms with Gasteiger partial charge in [-0.15, -0.1) is 0 Å². The van der Waals surface area contributed by atoms with Crippen molar-refractivity contribution in [3.63, 3.8) is 0 Å². The Bertz CT molecular complexity index is 435. The highest BCUT2D eigenvalue weighted by Crippen LogP contribution is 2.22. The quantitative estimate of drug-likeness (QED) is 0.757. The molecule has 0 atom stereocenters. The average molecular weight is 214 g/mol. The van der Waals surface area contributed by atoms with Gasteiger partial charge in [0.15, 0.2) is 0 Å². The topological polar surface area (TPSA) is 41.1 Å². The van der Waals surface area contributed by atoms with E-state index in [9.17, 15) is 4.79 Å². The number of amides is 1. The first-order chi connectivity index (χ1) is 7.92. The number of para-hydroxylation sites is 1. The van der Waals surface area contributed by atoms with Crippen molar-refractivity contribution in [1.82, 2.24) is 5.32 Å². The summed E-state index contributed by atoms with van der Waals surface area (Å²) in [5, 5.41) is 6.05. The molecule has 0 bridgehead atoms. The highest BCUT2D eigenvalue weighted by Gasteiger charge is 2.06. The Kier molecular flexibility index (Phi) is 3.38. The molecule has 0 unspecified atom stereocenters. The van der Waals surface area contributed by atoms with Crippen molar-refractivity contribution in [1.29, 1.82) is 0 Å². The van der Waals surface area contributed by atoms with E-state index in [1.54, 1.807) is 0 Å². The second-order valence-electron chi connectivity index (χ2n) is 3.53. The van der Waals surface area contributed by atoms with Crippen LogP contribution in [0.15, 0.2) is 42.5 Å². The Morgan fingerprint density at radius 2 is 2.19 bits per heavy atom. The zero-order valence-corrected chi connectivity index (χ0v) is 8.94. The fourth-order valence-corrected chi connectivity index (χ4v) is 1.70. The van der Waals surface area contributed by atoms with Gasteiger partial charge in [-0.2, -0.15) is 0 Å². The minimum atomic E-state index is 0.700. The van der Waals surface area contributed by atoms with Crippen molar-refractivity contribution in [3.8, 4) is 0 Å². The molecule has 0 radical (unpaired) electrons. The lowest BCUT2D eigenvalue weighted by Crippen LogP contribution is -2.13. The van der Waals surface area contributed by atoms with Crippen LogP contribution in [0.2, 0.25) is 0 Å². The van der Waals surface area contributed by atoms with Crippen LogP contribution in [0.4, 0.5) is 5.69 Å². The summed E-state index contributed by atoms with van der Waals surface area (Å²) in [7, 11) is 0. The fraction of sp³-hybridized carbons (Fsp3) is 0.154. The van der Waals surface area contributed by atoms with Crippen molar-refractivity contribution in [2.45, 2.75) is 6.42 Å². The maximum absolute atomic E-state index is 10.5. The Labute approximate surface area is 94.9 Å². The molecule has 3 nitrogen and oxygen atoms in total. The van der Waals surface area contributed by atoms with E-state index in [4.69, 9.17) is 0 Å². The zero-order chi connectivity index (χ0) is 11.2. The third-order valence-corrected chi connectivity index (χ3v) is 2.46. The summed E-state index contributed by atoms with van der Waals surface area (Å²) in [5.74, 6) is 0. The first-order valence-electron chi connectivity index (χ1n) is 5.32. The smallest absolute Gasteiger partial charge is 0.211 e. The van der Waals surface area contributed by atoms with Crippen LogP contribution in [0.5, 0.6) is 0 Å². The number of hydrogen-bond donors (Lipinski definition) is 2. The van der Waals surface area contributed by atoms with Gasteiger partial charge in [-0.25, -0.2) is 0 Å². The van der Waals surface area contributed by atoms with Gasteiger partial charge < -0.3 is 10.6 Å². The van der Waals surface area contributed by atoms with E-state index in [2.05, 4.69) is 16.7 Å². The van der Waals surface area contributed by atoms with Crippen molar-refractivity contribution in [2.75, 3.05) is 11.9 Å². The molecule has 1 aromatic rings. The summed E-state index contributed by atoms with van der Waals surface area (Å²) in [4.78, 5) is 10.5. The second kappa shape index (κ2) is 5.16. The van der Waals surface area contributed by atoms with Gasteiger partial charge in [-0.1, -0.05) is 30.4 Å². The van der Waals surface area contributed by atoms with Crippen LogP contribution in [-0.2, 0) is 4.79 Å². The molecule has 1 aliphatic rings. The minimum Gasteiger partial charge on any atom is -0.384 e. The lowest BCUT2D eigenvalue weighted by atomic mass is 10.1. The number of rotatable bonds is 3. The van der Waals surface area contributed by atoms with Crippen LogP contribution < -0.4 is 10.6 Å². The van der Waals surface area contributed by atoms with E-state index in [-0.39, 0.29) is 0 Å². The van der Waals surface area contributed by atoms with E-state index in [1.165, 1.54) is 0 Å². The van der Waals surface area contributed by atoms with Gasteiger partial charge in [0.2, 0.25) is 6.41 Å². The largest absolute Gasteiger partial charge is 0.384 e. The van der Waals surface area contributed by atoms with Gasteiger partial charge in [0.05, 0.1) is 0 Å². The van der Waals surface area contributed by atoms with E-state index in [1.807, 2.05) is 36.4 Å². The first kappa shape index (κ1) is 10.5. The number of anilines is 1. The summed E-state index contributed by atoms with van der Waals surface area (Å²) in [6.07, 6.45) is 7.90. The summed E-state index contributed by atoms with van der Waals surface area (Å²) < 4.78 is 0. The zero-order valence-electron chi connectivity index (χ0n) is 8.94. The number of allylic oxidation sites excluding steroid dienone is 2. The predicted octanol–water partition coefficient (Wildman–Crippen LogP) is 2.15. The van der Waals surface area contributed by atoms with Crippen LogP contribution in [0.1, 0.15) is 12.0 Å². The van der Waals surface area contributed by atoms with Gasteiger partial charge in [-0.3, -0.25) is 4.79 Å². The third-order valence-electron chi connectivity index (χ3n) is 2.46. The Morgan fingerprint density at radius 3 is 3.06 bits per heavy atom. The molecule has 16 heavy (non-hydrogen) atoms. The summed E-state index contributed by atoms with van der Waals surface area (Å²) >= 11 is 0. The van der Waals surface area contributed by atoms with E-state index in [0.29, 0.717) is 6.41 Å². The molecular formula is C13H14N2O. The highest BCUT2D eigenvalue weighted by atomic mass is 16.1. The SMILES string of the molecule is O=CNc1ccccc1C1=CC=CCCN1. The number of nitrogens with one attached hydrogen (secondary N) is 2.